The molecule has 0 aromatic rings. The Morgan fingerprint density at radius 2 is 1.73 bits per heavy atom. The number of nitrogens with one attached hydrogen (secondary N) is 2. The highest BCUT2D eigenvalue weighted by Gasteiger charge is 2.21. The highest BCUT2D eigenvalue weighted by Crippen LogP contribution is 2.08. The molecule has 2 unspecified atom stereocenters. The summed E-state index contributed by atoms with van der Waals surface area (Å²) < 4.78 is 0. The van der Waals surface area contributed by atoms with Crippen molar-refractivity contribution in [2.75, 3.05) is 6.54 Å². The Labute approximate surface area is 96.6 Å². The first-order valence-corrected chi connectivity index (χ1v) is 5.67. The summed E-state index contributed by atoms with van der Waals surface area (Å²) in [4.78, 5) is 22.9. The number of carbonyl (C=O) groups is 2. The Hall–Kier alpha value is -0.710. The van der Waals surface area contributed by atoms with E-state index in [4.69, 9.17) is 0 Å². The summed E-state index contributed by atoms with van der Waals surface area (Å²) >= 11 is 4.17. The third kappa shape index (κ3) is 5.06. The third-order valence-corrected chi connectivity index (χ3v) is 2.83. The molecule has 0 spiro atoms. The molecule has 0 aliphatic heterocycles. The first-order valence-electron chi connectivity index (χ1n) is 5.16. The van der Waals surface area contributed by atoms with Crippen LogP contribution in [0.15, 0.2) is 0 Å². The highest BCUT2D eigenvalue weighted by atomic mass is 32.1. The van der Waals surface area contributed by atoms with Crippen molar-refractivity contribution < 1.29 is 9.59 Å². The normalized spacial score (nSPS) is 14.5. The number of rotatable bonds is 5. The van der Waals surface area contributed by atoms with Gasteiger partial charge in [0.25, 0.3) is 0 Å². The lowest BCUT2D eigenvalue weighted by Gasteiger charge is -2.18. The minimum Gasteiger partial charge on any atom is -0.355 e. The maximum Gasteiger partial charge on any atom is 0.242 e. The van der Waals surface area contributed by atoms with E-state index in [1.54, 1.807) is 6.92 Å². The summed E-state index contributed by atoms with van der Waals surface area (Å²) in [6.07, 6.45) is 0. The molecule has 88 valence electrons. The molecule has 0 radical (unpaired) electrons. The molecule has 0 aliphatic carbocycles. The lowest BCUT2D eigenvalue weighted by Crippen LogP contribution is -2.47. The average Bonchev–Trinajstić information content (AvgIpc) is 2.16. The van der Waals surface area contributed by atoms with Crippen LogP contribution in [0.5, 0.6) is 0 Å². The monoisotopic (exact) mass is 232 g/mol. The Bertz CT molecular complexity index is 231. The fourth-order valence-corrected chi connectivity index (χ4v) is 1.07. The van der Waals surface area contributed by atoms with Gasteiger partial charge in [-0.1, -0.05) is 13.8 Å². The van der Waals surface area contributed by atoms with Crippen molar-refractivity contribution in [3.05, 3.63) is 0 Å². The van der Waals surface area contributed by atoms with Crippen molar-refractivity contribution in [3.8, 4) is 0 Å². The van der Waals surface area contributed by atoms with Crippen molar-refractivity contribution in [2.45, 2.75) is 39.0 Å². The molecule has 15 heavy (non-hydrogen) atoms. The third-order valence-electron chi connectivity index (χ3n) is 2.00. The van der Waals surface area contributed by atoms with Crippen LogP contribution in [0.2, 0.25) is 0 Å². The van der Waals surface area contributed by atoms with Crippen molar-refractivity contribution in [1.29, 1.82) is 0 Å². The number of hydrogen-bond acceptors (Lipinski definition) is 3. The molecule has 0 rings (SSSR count). The smallest absolute Gasteiger partial charge is 0.242 e. The van der Waals surface area contributed by atoms with E-state index in [1.165, 1.54) is 0 Å². The molecule has 2 atom stereocenters. The number of hydrogen-bond donors (Lipinski definition) is 3. The zero-order valence-corrected chi connectivity index (χ0v) is 10.6. The van der Waals surface area contributed by atoms with Gasteiger partial charge < -0.3 is 10.6 Å². The van der Waals surface area contributed by atoms with Gasteiger partial charge in [-0.3, -0.25) is 9.59 Å². The Morgan fingerprint density at radius 1 is 1.20 bits per heavy atom. The molecular formula is C10H20N2O2S. The van der Waals surface area contributed by atoms with Crippen molar-refractivity contribution in [3.63, 3.8) is 0 Å². The molecule has 2 N–H and O–H groups in total. The molecule has 0 bridgehead atoms. The van der Waals surface area contributed by atoms with Gasteiger partial charge in [0.2, 0.25) is 11.8 Å². The van der Waals surface area contributed by atoms with Crippen molar-refractivity contribution in [2.24, 2.45) is 5.92 Å². The predicted octanol–water partition coefficient (Wildman–Crippen LogP) is 0.582. The standard InChI is InChI=1S/C10H20N2O2S/c1-5-11-9(13)7(4)12-10(14)8(15)6(2)3/h6-8,15H,5H2,1-4H3,(H,11,13)(H,12,14). The molecule has 0 fully saturated rings. The van der Waals surface area contributed by atoms with Crippen molar-refractivity contribution >= 4 is 24.4 Å². The molecular weight excluding hydrogens is 212 g/mol. The van der Waals surface area contributed by atoms with Crippen LogP contribution in [0.1, 0.15) is 27.7 Å². The van der Waals surface area contributed by atoms with Crippen LogP contribution in [0, 0.1) is 5.92 Å². The summed E-state index contributed by atoms with van der Waals surface area (Å²) in [6, 6.07) is -0.508. The van der Waals surface area contributed by atoms with Gasteiger partial charge in [0.05, 0.1) is 5.25 Å². The maximum absolute atomic E-state index is 11.5. The largest absolute Gasteiger partial charge is 0.355 e. The molecule has 0 heterocycles. The Kier molecular flexibility index (Phi) is 6.40. The molecule has 0 aromatic carbocycles. The number of likely N-dealkylation sites (N-methyl/N-ethyl adjacent to an activating group) is 1. The fourth-order valence-electron chi connectivity index (χ4n) is 0.994. The molecule has 5 heteroatoms. The van der Waals surface area contributed by atoms with Gasteiger partial charge in [-0.2, -0.15) is 12.6 Å². The van der Waals surface area contributed by atoms with Crippen molar-refractivity contribution in [1.82, 2.24) is 10.6 Å². The van der Waals surface area contributed by atoms with Crippen LogP contribution in [0.3, 0.4) is 0 Å². The molecule has 4 nitrogen and oxygen atoms in total. The lowest BCUT2D eigenvalue weighted by molar-refractivity contribution is -0.128. The molecule has 0 saturated heterocycles. The van der Waals surface area contributed by atoms with Gasteiger partial charge in [0.15, 0.2) is 0 Å². The van der Waals surface area contributed by atoms with E-state index >= 15 is 0 Å². The van der Waals surface area contributed by atoms with E-state index in [-0.39, 0.29) is 23.0 Å². The van der Waals surface area contributed by atoms with Gasteiger partial charge in [-0.05, 0) is 19.8 Å². The second-order valence-corrected chi connectivity index (χ2v) is 4.37. The molecule has 0 aromatic heterocycles. The van der Waals surface area contributed by atoms with E-state index in [0.717, 1.165) is 0 Å². The number of amides is 2. The second-order valence-electron chi connectivity index (χ2n) is 3.81. The van der Waals surface area contributed by atoms with Crippen LogP contribution >= 0.6 is 12.6 Å². The van der Waals surface area contributed by atoms with Gasteiger partial charge in [0, 0.05) is 6.54 Å². The summed E-state index contributed by atoms with van der Waals surface area (Å²) in [5.74, 6) is -0.225. The fraction of sp³-hybridized carbons (Fsp3) is 0.800. The Morgan fingerprint density at radius 3 is 2.13 bits per heavy atom. The summed E-state index contributed by atoms with van der Waals surface area (Å²) in [5.41, 5.74) is 0. The average molecular weight is 232 g/mol. The summed E-state index contributed by atoms with van der Waals surface area (Å²) in [7, 11) is 0. The number of thiol groups is 1. The Balaban J connectivity index is 4.12. The van der Waals surface area contributed by atoms with E-state index in [9.17, 15) is 9.59 Å². The summed E-state index contributed by atoms with van der Waals surface area (Å²) in [5, 5.41) is 4.89. The van der Waals surface area contributed by atoms with Crippen LogP contribution in [-0.2, 0) is 9.59 Å². The van der Waals surface area contributed by atoms with Gasteiger partial charge in [-0.15, -0.1) is 0 Å². The minimum atomic E-state index is -0.508. The number of carbonyl (C=O) groups excluding carboxylic acids is 2. The first-order chi connectivity index (χ1) is 6.90. The van der Waals surface area contributed by atoms with Gasteiger partial charge in [-0.25, -0.2) is 0 Å². The van der Waals surface area contributed by atoms with Crippen LogP contribution < -0.4 is 10.6 Å². The van der Waals surface area contributed by atoms with Gasteiger partial charge in [0.1, 0.15) is 6.04 Å². The van der Waals surface area contributed by atoms with Crippen LogP contribution in [0.4, 0.5) is 0 Å². The lowest BCUT2D eigenvalue weighted by atomic mass is 10.1. The zero-order chi connectivity index (χ0) is 12.0. The summed E-state index contributed by atoms with van der Waals surface area (Å²) in [6.45, 7) is 7.88. The van der Waals surface area contributed by atoms with E-state index < -0.39 is 6.04 Å². The molecule has 0 aliphatic rings. The van der Waals surface area contributed by atoms with E-state index in [0.29, 0.717) is 6.54 Å². The van der Waals surface area contributed by atoms with Crippen LogP contribution in [-0.4, -0.2) is 29.7 Å². The zero-order valence-electron chi connectivity index (χ0n) is 9.70. The SMILES string of the molecule is CCNC(=O)C(C)NC(=O)C(S)C(C)C. The predicted molar refractivity (Wildman–Crippen MR) is 63.9 cm³/mol. The van der Waals surface area contributed by atoms with E-state index in [2.05, 4.69) is 23.3 Å². The second kappa shape index (κ2) is 6.71. The van der Waals surface area contributed by atoms with E-state index in [1.807, 2.05) is 20.8 Å². The quantitative estimate of drug-likeness (QED) is 0.607. The first kappa shape index (κ1) is 14.3. The molecule has 0 saturated carbocycles. The minimum absolute atomic E-state index is 0.148. The topological polar surface area (TPSA) is 58.2 Å². The van der Waals surface area contributed by atoms with Gasteiger partial charge >= 0.3 is 0 Å². The van der Waals surface area contributed by atoms with Crippen LogP contribution in [0.25, 0.3) is 0 Å². The maximum atomic E-state index is 11.5. The highest BCUT2D eigenvalue weighted by molar-refractivity contribution is 7.81. The molecule has 2 amide bonds.